The van der Waals surface area contributed by atoms with Crippen LogP contribution >= 0.6 is 11.8 Å². The Bertz CT molecular complexity index is 1100. The quantitative estimate of drug-likeness (QED) is 0.549. The van der Waals surface area contributed by atoms with E-state index in [1.54, 1.807) is 36.5 Å². The van der Waals surface area contributed by atoms with Crippen LogP contribution in [0.15, 0.2) is 65.8 Å². The molecular formula is C23H21N3O4S. The standard InChI is InChI=1S/C23H21N3O4S/c1-15-4-6-16(7-5-15)12-25-22(28)18-3-2-10-24-23(18)31-13-21(27)26-17-8-9-19-20(11-17)30-14-29-19/h2-11H,12-14H2,1H3,(H,25,28)(H,26,27). The second kappa shape index (κ2) is 9.53. The first-order valence-corrected chi connectivity index (χ1v) is 10.7. The lowest BCUT2D eigenvalue weighted by Gasteiger charge is -2.10. The van der Waals surface area contributed by atoms with Gasteiger partial charge in [-0.15, -0.1) is 0 Å². The minimum Gasteiger partial charge on any atom is -0.454 e. The maximum Gasteiger partial charge on any atom is 0.254 e. The van der Waals surface area contributed by atoms with Crippen LogP contribution in [0.3, 0.4) is 0 Å². The van der Waals surface area contributed by atoms with E-state index in [9.17, 15) is 9.59 Å². The van der Waals surface area contributed by atoms with Crippen molar-refractivity contribution in [3.05, 3.63) is 77.5 Å². The van der Waals surface area contributed by atoms with Crippen LogP contribution in [0.4, 0.5) is 5.69 Å². The van der Waals surface area contributed by atoms with Crippen molar-refractivity contribution in [1.82, 2.24) is 10.3 Å². The van der Waals surface area contributed by atoms with Crippen LogP contribution < -0.4 is 20.1 Å². The number of ether oxygens (including phenoxy) is 2. The number of carbonyl (C=O) groups excluding carboxylic acids is 2. The zero-order valence-corrected chi connectivity index (χ0v) is 17.7. The van der Waals surface area contributed by atoms with Crippen LogP contribution in [-0.2, 0) is 11.3 Å². The van der Waals surface area contributed by atoms with Crippen molar-refractivity contribution in [3.63, 3.8) is 0 Å². The Labute approximate surface area is 184 Å². The van der Waals surface area contributed by atoms with E-state index >= 15 is 0 Å². The highest BCUT2D eigenvalue weighted by atomic mass is 32.2. The van der Waals surface area contributed by atoms with Gasteiger partial charge in [-0.05, 0) is 36.8 Å². The maximum absolute atomic E-state index is 12.7. The van der Waals surface area contributed by atoms with Gasteiger partial charge >= 0.3 is 0 Å². The maximum atomic E-state index is 12.7. The summed E-state index contributed by atoms with van der Waals surface area (Å²) >= 11 is 1.21. The van der Waals surface area contributed by atoms with Crippen molar-refractivity contribution in [3.8, 4) is 11.5 Å². The van der Waals surface area contributed by atoms with E-state index in [0.717, 1.165) is 5.56 Å². The molecular weight excluding hydrogens is 414 g/mol. The van der Waals surface area contributed by atoms with Gasteiger partial charge in [0, 0.05) is 24.5 Å². The Morgan fingerprint density at radius 1 is 1.06 bits per heavy atom. The minimum absolute atomic E-state index is 0.115. The molecule has 0 saturated heterocycles. The topological polar surface area (TPSA) is 89.6 Å². The van der Waals surface area contributed by atoms with Crippen molar-refractivity contribution < 1.29 is 19.1 Å². The van der Waals surface area contributed by atoms with Crippen molar-refractivity contribution >= 4 is 29.3 Å². The SMILES string of the molecule is Cc1ccc(CNC(=O)c2cccnc2SCC(=O)Nc2ccc3c(c2)OCO3)cc1. The van der Waals surface area contributed by atoms with Crippen LogP contribution in [0.2, 0.25) is 0 Å². The van der Waals surface area contributed by atoms with Crippen LogP contribution in [0.5, 0.6) is 11.5 Å². The number of hydrogen-bond acceptors (Lipinski definition) is 6. The second-order valence-corrected chi connectivity index (χ2v) is 7.89. The van der Waals surface area contributed by atoms with Crippen LogP contribution in [0.25, 0.3) is 0 Å². The van der Waals surface area contributed by atoms with E-state index in [-0.39, 0.29) is 24.4 Å². The summed E-state index contributed by atoms with van der Waals surface area (Å²) in [5.74, 6) is 0.932. The molecule has 0 aliphatic carbocycles. The molecule has 0 atom stereocenters. The average Bonchev–Trinajstić information content (AvgIpc) is 3.25. The van der Waals surface area contributed by atoms with E-state index in [2.05, 4.69) is 15.6 Å². The molecule has 0 radical (unpaired) electrons. The van der Waals surface area contributed by atoms with E-state index in [0.29, 0.717) is 34.3 Å². The number of fused-ring (bicyclic) bond motifs is 1. The number of hydrogen-bond donors (Lipinski definition) is 2. The molecule has 0 fully saturated rings. The number of nitrogens with zero attached hydrogens (tertiary/aromatic N) is 1. The van der Waals surface area contributed by atoms with E-state index in [1.165, 1.54) is 17.3 Å². The Balaban J connectivity index is 1.34. The summed E-state index contributed by atoms with van der Waals surface area (Å²) in [7, 11) is 0. The highest BCUT2D eigenvalue weighted by Gasteiger charge is 2.16. The number of carbonyl (C=O) groups is 2. The Kier molecular flexibility index (Phi) is 6.37. The van der Waals surface area contributed by atoms with Gasteiger partial charge in [0.2, 0.25) is 12.7 Å². The third kappa shape index (κ3) is 5.35. The molecule has 1 aromatic heterocycles. The van der Waals surface area contributed by atoms with Crippen molar-refractivity contribution in [1.29, 1.82) is 0 Å². The Morgan fingerprint density at radius 3 is 2.71 bits per heavy atom. The highest BCUT2D eigenvalue weighted by Crippen LogP contribution is 2.34. The van der Waals surface area contributed by atoms with Crippen LogP contribution in [0, 0.1) is 6.92 Å². The third-order valence-electron chi connectivity index (χ3n) is 4.59. The zero-order chi connectivity index (χ0) is 21.6. The van der Waals surface area contributed by atoms with E-state index < -0.39 is 0 Å². The van der Waals surface area contributed by atoms with Gasteiger partial charge in [0.1, 0.15) is 5.03 Å². The lowest BCUT2D eigenvalue weighted by atomic mass is 10.1. The molecule has 3 aromatic rings. The van der Waals surface area contributed by atoms with Crippen molar-refractivity contribution in [2.24, 2.45) is 0 Å². The summed E-state index contributed by atoms with van der Waals surface area (Å²) in [6, 6.07) is 16.6. The van der Waals surface area contributed by atoms with Gasteiger partial charge in [-0.1, -0.05) is 41.6 Å². The fourth-order valence-corrected chi connectivity index (χ4v) is 3.76. The molecule has 2 amide bonds. The number of nitrogens with one attached hydrogen (secondary N) is 2. The predicted octanol–water partition coefficient (Wildman–Crippen LogP) is 3.78. The first-order valence-electron chi connectivity index (χ1n) is 9.69. The molecule has 31 heavy (non-hydrogen) atoms. The molecule has 0 unspecified atom stereocenters. The highest BCUT2D eigenvalue weighted by molar-refractivity contribution is 8.00. The summed E-state index contributed by atoms with van der Waals surface area (Å²) in [6.07, 6.45) is 1.61. The van der Waals surface area contributed by atoms with Crippen molar-refractivity contribution in [2.45, 2.75) is 18.5 Å². The number of rotatable bonds is 7. The molecule has 4 rings (SSSR count). The fraction of sp³-hybridized carbons (Fsp3) is 0.174. The molecule has 2 N–H and O–H groups in total. The molecule has 1 aliphatic heterocycles. The smallest absolute Gasteiger partial charge is 0.254 e. The summed E-state index contributed by atoms with van der Waals surface area (Å²) < 4.78 is 10.6. The van der Waals surface area contributed by atoms with Gasteiger partial charge in [0.25, 0.3) is 5.91 Å². The van der Waals surface area contributed by atoms with Gasteiger partial charge in [-0.25, -0.2) is 4.98 Å². The lowest BCUT2D eigenvalue weighted by Crippen LogP contribution is -2.24. The largest absolute Gasteiger partial charge is 0.454 e. The molecule has 8 heteroatoms. The van der Waals surface area contributed by atoms with Gasteiger partial charge < -0.3 is 20.1 Å². The molecule has 0 spiro atoms. The summed E-state index contributed by atoms with van der Waals surface area (Å²) in [4.78, 5) is 29.3. The minimum atomic E-state index is -0.229. The normalized spacial score (nSPS) is 11.8. The van der Waals surface area contributed by atoms with Gasteiger partial charge in [-0.3, -0.25) is 9.59 Å². The zero-order valence-electron chi connectivity index (χ0n) is 16.9. The van der Waals surface area contributed by atoms with Crippen LogP contribution in [0.1, 0.15) is 21.5 Å². The fourth-order valence-electron chi connectivity index (χ4n) is 2.97. The molecule has 2 heterocycles. The first kappa shape index (κ1) is 20.7. The molecule has 7 nitrogen and oxygen atoms in total. The molecule has 0 bridgehead atoms. The van der Waals surface area contributed by atoms with Gasteiger partial charge in [-0.2, -0.15) is 0 Å². The monoisotopic (exact) mass is 435 g/mol. The number of benzene rings is 2. The Hall–Kier alpha value is -3.52. The number of anilines is 1. The summed E-state index contributed by atoms with van der Waals surface area (Å²) in [5.41, 5.74) is 3.24. The number of thioether (sulfide) groups is 1. The van der Waals surface area contributed by atoms with E-state index in [4.69, 9.17) is 9.47 Å². The van der Waals surface area contributed by atoms with Crippen LogP contribution in [-0.4, -0.2) is 29.3 Å². The lowest BCUT2D eigenvalue weighted by molar-refractivity contribution is -0.113. The van der Waals surface area contributed by atoms with E-state index in [1.807, 2.05) is 31.2 Å². The molecule has 0 saturated carbocycles. The number of pyridine rings is 1. The average molecular weight is 436 g/mol. The number of amides is 2. The molecule has 2 aromatic carbocycles. The predicted molar refractivity (Wildman–Crippen MR) is 119 cm³/mol. The van der Waals surface area contributed by atoms with Gasteiger partial charge in [0.05, 0.1) is 11.3 Å². The molecule has 1 aliphatic rings. The summed E-state index contributed by atoms with van der Waals surface area (Å²) in [5, 5.41) is 6.23. The van der Waals surface area contributed by atoms with Crippen molar-refractivity contribution in [2.75, 3.05) is 17.9 Å². The summed E-state index contributed by atoms with van der Waals surface area (Å²) in [6.45, 7) is 2.61. The van der Waals surface area contributed by atoms with Gasteiger partial charge in [0.15, 0.2) is 11.5 Å². The second-order valence-electron chi connectivity index (χ2n) is 6.93. The first-order chi connectivity index (χ1) is 15.1. The number of aryl methyl sites for hydroxylation is 1. The number of aromatic nitrogens is 1. The molecule has 158 valence electrons. The Morgan fingerprint density at radius 2 is 1.87 bits per heavy atom. The third-order valence-corrected chi connectivity index (χ3v) is 5.59.